The molecule has 0 unspecified atom stereocenters. The molecule has 2 aromatic rings. The highest BCUT2D eigenvalue weighted by Crippen LogP contribution is 2.28. The van der Waals surface area contributed by atoms with Crippen molar-refractivity contribution >= 4 is 17.3 Å². The molecule has 1 amide bonds. The van der Waals surface area contributed by atoms with Crippen molar-refractivity contribution in [3.63, 3.8) is 0 Å². The maximum Gasteiger partial charge on any atom is 0.259 e. The van der Waals surface area contributed by atoms with Crippen molar-refractivity contribution in [1.29, 1.82) is 0 Å². The highest BCUT2D eigenvalue weighted by Gasteiger charge is 2.24. The van der Waals surface area contributed by atoms with E-state index in [9.17, 15) is 14.3 Å². The lowest BCUT2D eigenvalue weighted by Gasteiger charge is -2.37. The smallest absolute Gasteiger partial charge is 0.259 e. The molecule has 2 atom stereocenters. The molecule has 1 aliphatic rings. The molecular formula is C20H23FN2O4. The van der Waals surface area contributed by atoms with Gasteiger partial charge in [-0.15, -0.1) is 0 Å². The van der Waals surface area contributed by atoms with Gasteiger partial charge in [-0.1, -0.05) is 0 Å². The number of anilines is 2. The molecule has 2 N–H and O–H groups in total. The van der Waals surface area contributed by atoms with Crippen LogP contribution in [0.5, 0.6) is 11.5 Å². The van der Waals surface area contributed by atoms with E-state index in [1.165, 1.54) is 25.3 Å². The number of morpholine rings is 1. The number of nitrogens with zero attached hydrogens (tertiary/aromatic N) is 1. The number of halogens is 1. The van der Waals surface area contributed by atoms with Gasteiger partial charge in [0.15, 0.2) is 0 Å². The first-order valence-corrected chi connectivity index (χ1v) is 8.75. The lowest BCUT2D eigenvalue weighted by atomic mass is 10.1. The second kappa shape index (κ2) is 7.84. The van der Waals surface area contributed by atoms with Gasteiger partial charge in [0.1, 0.15) is 17.3 Å². The zero-order chi connectivity index (χ0) is 19.6. The molecule has 0 spiro atoms. The summed E-state index contributed by atoms with van der Waals surface area (Å²) in [5.74, 6) is -0.724. The molecule has 27 heavy (non-hydrogen) atoms. The molecule has 2 aromatic carbocycles. The predicted octanol–water partition coefficient (Wildman–Crippen LogP) is 3.41. The number of ether oxygens (including phenoxy) is 2. The van der Waals surface area contributed by atoms with Crippen molar-refractivity contribution < 1.29 is 23.8 Å². The van der Waals surface area contributed by atoms with E-state index in [1.807, 2.05) is 18.7 Å². The van der Waals surface area contributed by atoms with Gasteiger partial charge >= 0.3 is 0 Å². The maximum absolute atomic E-state index is 14.6. The zero-order valence-corrected chi connectivity index (χ0v) is 15.5. The first kappa shape index (κ1) is 19.0. The van der Waals surface area contributed by atoms with E-state index < -0.39 is 11.7 Å². The molecule has 1 saturated heterocycles. The molecule has 1 aliphatic heterocycles. The molecule has 7 heteroatoms. The first-order valence-electron chi connectivity index (χ1n) is 8.75. The number of benzene rings is 2. The van der Waals surface area contributed by atoms with Crippen LogP contribution in [0.15, 0.2) is 36.4 Å². The molecule has 0 aromatic heterocycles. The van der Waals surface area contributed by atoms with E-state index in [4.69, 9.17) is 9.47 Å². The summed E-state index contributed by atoms with van der Waals surface area (Å²) in [7, 11) is 1.47. The van der Waals surface area contributed by atoms with Gasteiger partial charge in [0.25, 0.3) is 5.91 Å². The summed E-state index contributed by atoms with van der Waals surface area (Å²) in [5, 5.41) is 12.6. The zero-order valence-electron chi connectivity index (χ0n) is 15.5. The Labute approximate surface area is 157 Å². The molecule has 3 rings (SSSR count). The minimum absolute atomic E-state index is 0.0191. The summed E-state index contributed by atoms with van der Waals surface area (Å²) in [6.07, 6.45) is 0.0381. The number of phenolic OH excluding ortho intramolecular Hbond substituents is 1. The molecule has 0 saturated carbocycles. The number of carbonyl (C=O) groups is 1. The van der Waals surface area contributed by atoms with Gasteiger partial charge in [0, 0.05) is 24.8 Å². The number of amides is 1. The van der Waals surface area contributed by atoms with E-state index in [0.29, 0.717) is 30.2 Å². The molecular weight excluding hydrogens is 351 g/mol. The number of phenols is 1. The summed E-state index contributed by atoms with van der Waals surface area (Å²) in [4.78, 5) is 14.3. The van der Waals surface area contributed by atoms with E-state index in [0.717, 1.165) is 0 Å². The number of rotatable bonds is 4. The van der Waals surface area contributed by atoms with Crippen LogP contribution in [0.4, 0.5) is 15.8 Å². The van der Waals surface area contributed by atoms with Crippen molar-refractivity contribution in [1.82, 2.24) is 0 Å². The van der Waals surface area contributed by atoms with Crippen LogP contribution < -0.4 is 15.0 Å². The molecule has 0 aliphatic carbocycles. The monoisotopic (exact) mass is 374 g/mol. The van der Waals surface area contributed by atoms with E-state index in [2.05, 4.69) is 5.32 Å². The number of carbonyl (C=O) groups excluding carboxylic acids is 1. The number of aromatic hydroxyl groups is 1. The highest BCUT2D eigenvalue weighted by atomic mass is 19.1. The number of hydrogen-bond donors (Lipinski definition) is 2. The van der Waals surface area contributed by atoms with E-state index in [1.54, 1.807) is 18.2 Å². The van der Waals surface area contributed by atoms with Crippen LogP contribution in [0.25, 0.3) is 0 Å². The topological polar surface area (TPSA) is 71.0 Å². The Morgan fingerprint density at radius 1 is 1.22 bits per heavy atom. The third-order valence-electron chi connectivity index (χ3n) is 4.42. The van der Waals surface area contributed by atoms with Crippen molar-refractivity contribution in [2.24, 2.45) is 0 Å². The Bertz CT molecular complexity index is 833. The van der Waals surface area contributed by atoms with Gasteiger partial charge in [-0.05, 0) is 44.2 Å². The Kier molecular flexibility index (Phi) is 5.51. The molecule has 6 nitrogen and oxygen atoms in total. The van der Waals surface area contributed by atoms with Crippen molar-refractivity contribution in [3.05, 3.63) is 47.8 Å². The average Bonchev–Trinajstić information content (AvgIpc) is 2.60. The molecule has 1 heterocycles. The second-order valence-corrected chi connectivity index (χ2v) is 6.67. The van der Waals surface area contributed by atoms with Crippen LogP contribution >= 0.6 is 0 Å². The largest absolute Gasteiger partial charge is 0.507 e. The Morgan fingerprint density at radius 2 is 1.93 bits per heavy atom. The van der Waals surface area contributed by atoms with Gasteiger partial charge in [0.05, 0.1) is 30.6 Å². The highest BCUT2D eigenvalue weighted by molar-refractivity contribution is 6.06. The van der Waals surface area contributed by atoms with Crippen molar-refractivity contribution in [2.75, 3.05) is 30.4 Å². The van der Waals surface area contributed by atoms with Gasteiger partial charge in [-0.3, -0.25) is 4.79 Å². The lowest BCUT2D eigenvalue weighted by Crippen LogP contribution is -2.45. The second-order valence-electron chi connectivity index (χ2n) is 6.67. The normalized spacial score (nSPS) is 19.6. The summed E-state index contributed by atoms with van der Waals surface area (Å²) in [5.41, 5.74) is 0.865. The van der Waals surface area contributed by atoms with Crippen LogP contribution in [0.1, 0.15) is 24.2 Å². The molecule has 144 valence electrons. The Balaban J connectivity index is 1.75. The summed E-state index contributed by atoms with van der Waals surface area (Å²) < 4.78 is 25.3. The van der Waals surface area contributed by atoms with E-state index in [-0.39, 0.29) is 23.5 Å². The minimum atomic E-state index is -0.532. The molecule has 0 radical (unpaired) electrons. The summed E-state index contributed by atoms with van der Waals surface area (Å²) >= 11 is 0. The average molecular weight is 374 g/mol. The number of hydrogen-bond acceptors (Lipinski definition) is 5. The van der Waals surface area contributed by atoms with Gasteiger partial charge in [0.2, 0.25) is 0 Å². The summed E-state index contributed by atoms with van der Waals surface area (Å²) in [6.45, 7) is 5.12. The fourth-order valence-corrected chi connectivity index (χ4v) is 3.24. The first-order chi connectivity index (χ1) is 12.9. The third kappa shape index (κ3) is 4.31. The quantitative estimate of drug-likeness (QED) is 0.858. The maximum atomic E-state index is 14.6. The fraction of sp³-hybridized carbons (Fsp3) is 0.350. The Hall–Kier alpha value is -2.80. The number of methoxy groups -OCH3 is 1. The van der Waals surface area contributed by atoms with Gasteiger partial charge in [-0.2, -0.15) is 0 Å². The lowest BCUT2D eigenvalue weighted by molar-refractivity contribution is -0.00539. The van der Waals surface area contributed by atoms with Crippen molar-refractivity contribution in [2.45, 2.75) is 26.1 Å². The predicted molar refractivity (Wildman–Crippen MR) is 101 cm³/mol. The van der Waals surface area contributed by atoms with Crippen LogP contribution in [0, 0.1) is 5.82 Å². The number of nitrogens with one attached hydrogen (secondary N) is 1. The van der Waals surface area contributed by atoms with Gasteiger partial charge < -0.3 is 24.8 Å². The fourth-order valence-electron chi connectivity index (χ4n) is 3.24. The standard InChI is InChI=1S/C20H23FN2O4/c1-12-10-23(11-13(2)27-12)18-7-4-14(8-17(18)21)22-20(25)16-6-5-15(26-3)9-19(16)24/h4-9,12-13,24H,10-11H2,1-3H3,(H,22,25)/t12-,13-/m0/s1. The third-order valence-corrected chi connectivity index (χ3v) is 4.42. The van der Waals surface area contributed by atoms with Crippen LogP contribution in [0.3, 0.4) is 0 Å². The summed E-state index contributed by atoms with van der Waals surface area (Å²) in [6, 6.07) is 8.92. The molecule has 1 fully saturated rings. The minimum Gasteiger partial charge on any atom is -0.507 e. The van der Waals surface area contributed by atoms with E-state index >= 15 is 0 Å². The van der Waals surface area contributed by atoms with Gasteiger partial charge in [-0.25, -0.2) is 4.39 Å². The van der Waals surface area contributed by atoms with Crippen LogP contribution in [-0.2, 0) is 4.74 Å². The molecule has 0 bridgehead atoms. The van der Waals surface area contributed by atoms with Crippen molar-refractivity contribution in [3.8, 4) is 11.5 Å². The SMILES string of the molecule is COc1ccc(C(=O)Nc2ccc(N3C[C@H](C)O[C@@H](C)C3)c(F)c2)c(O)c1. The van der Waals surface area contributed by atoms with Crippen LogP contribution in [-0.4, -0.2) is 43.4 Å². The van der Waals surface area contributed by atoms with Crippen LogP contribution in [0.2, 0.25) is 0 Å². The Morgan fingerprint density at radius 3 is 2.52 bits per heavy atom.